The van der Waals surface area contributed by atoms with Crippen molar-refractivity contribution in [3.8, 4) is 11.1 Å². The monoisotopic (exact) mass is 828 g/mol. The molecule has 4 saturated carbocycles. The Kier molecular flexibility index (Phi) is 10.0. The molecule has 0 spiro atoms. The highest BCUT2D eigenvalue weighted by molar-refractivity contribution is 7.22. The molecule has 5 aromatic rings. The number of pyridine rings is 1. The fourth-order valence-corrected chi connectivity index (χ4v) is 14.0. The molecule has 6 heterocycles. The number of thiazole rings is 1. The normalized spacial score (nSPS) is 28.0. The van der Waals surface area contributed by atoms with E-state index in [1.165, 1.54) is 84.1 Å². The topological polar surface area (TPSA) is 128 Å². The Bertz CT molecular complexity index is 2410. The van der Waals surface area contributed by atoms with Crippen molar-refractivity contribution in [2.45, 2.75) is 98.4 Å². The number of hydrogen-bond acceptors (Lipinski definition) is 11. The van der Waals surface area contributed by atoms with Gasteiger partial charge in [0.1, 0.15) is 5.82 Å². The minimum absolute atomic E-state index is 0.0328. The van der Waals surface area contributed by atoms with E-state index in [0.29, 0.717) is 51.8 Å². The van der Waals surface area contributed by atoms with Crippen LogP contribution in [-0.2, 0) is 13.0 Å². The molecular formula is C47H60N10O2S. The number of hydrogen-bond donors (Lipinski definition) is 2. The zero-order valence-electron chi connectivity index (χ0n) is 36.0. The Morgan fingerprint density at radius 3 is 2.53 bits per heavy atom. The largest absolute Gasteiger partial charge is 0.476 e. The number of carboxylic acid groups (broad SMARTS) is 1. The number of carboxylic acids is 1. The second-order valence-corrected chi connectivity index (χ2v) is 21.1. The zero-order valence-corrected chi connectivity index (χ0v) is 36.8. The molecular weight excluding hydrogens is 769 g/mol. The van der Waals surface area contributed by atoms with E-state index in [0.717, 1.165) is 62.9 Å². The number of rotatable bonds is 11. The fourth-order valence-electron chi connectivity index (χ4n) is 13.1. The van der Waals surface area contributed by atoms with Crippen LogP contribution < -0.4 is 10.2 Å². The van der Waals surface area contributed by atoms with E-state index >= 15 is 0 Å². The summed E-state index contributed by atoms with van der Waals surface area (Å²) in [7, 11) is 2.24. The Hall–Kier alpha value is -4.46. The summed E-state index contributed by atoms with van der Waals surface area (Å²) in [6.45, 7) is 16.9. The third-order valence-electron chi connectivity index (χ3n) is 15.2. The summed E-state index contributed by atoms with van der Waals surface area (Å²) in [5.41, 5.74) is 6.74. The molecule has 5 unspecified atom stereocenters. The molecule has 60 heavy (non-hydrogen) atoms. The van der Waals surface area contributed by atoms with Crippen molar-refractivity contribution in [2.24, 2.45) is 28.1 Å². The number of likely N-dealkylation sites (N-methyl/N-ethyl adjacent to an activating group) is 1. The average molecular weight is 829 g/mol. The summed E-state index contributed by atoms with van der Waals surface area (Å²) in [5, 5.41) is 29.1. The number of nitrogens with zero attached hydrogens (tertiary/aromatic N) is 9. The molecule has 316 valence electrons. The quantitative estimate of drug-likeness (QED) is 0.132. The van der Waals surface area contributed by atoms with Crippen molar-refractivity contribution in [3.63, 3.8) is 0 Å². The van der Waals surface area contributed by atoms with Gasteiger partial charge in [0, 0.05) is 67.2 Å². The molecule has 13 heteroatoms. The fraction of sp³-hybridized carbons (Fsp3) is 0.574. The molecule has 2 aliphatic heterocycles. The van der Waals surface area contributed by atoms with Gasteiger partial charge in [-0.05, 0) is 144 Å². The lowest BCUT2D eigenvalue weighted by Gasteiger charge is -2.57. The van der Waals surface area contributed by atoms with Crippen LogP contribution in [0.2, 0.25) is 0 Å². The van der Waals surface area contributed by atoms with E-state index in [2.05, 4.69) is 70.8 Å². The first-order valence-electron chi connectivity index (χ1n) is 22.3. The number of aromatic carboxylic acids is 1. The van der Waals surface area contributed by atoms with Crippen molar-refractivity contribution in [2.75, 3.05) is 56.5 Å². The van der Waals surface area contributed by atoms with Gasteiger partial charge in [0.2, 0.25) is 0 Å². The molecule has 6 aliphatic rings. The van der Waals surface area contributed by atoms with E-state index < -0.39 is 5.97 Å². The Morgan fingerprint density at radius 1 is 0.933 bits per heavy atom. The van der Waals surface area contributed by atoms with Crippen LogP contribution >= 0.6 is 11.3 Å². The summed E-state index contributed by atoms with van der Waals surface area (Å²) in [6, 6.07) is 11.9. The van der Waals surface area contributed by atoms with Gasteiger partial charge < -0.3 is 25.1 Å². The van der Waals surface area contributed by atoms with Crippen LogP contribution in [0.4, 0.5) is 22.6 Å². The predicted octanol–water partition coefficient (Wildman–Crippen LogP) is 9.13. The van der Waals surface area contributed by atoms with E-state index in [9.17, 15) is 9.90 Å². The lowest BCUT2D eigenvalue weighted by atomic mass is 9.48. The number of anilines is 4. The van der Waals surface area contributed by atoms with Gasteiger partial charge in [-0.2, -0.15) is 5.10 Å². The second kappa shape index (κ2) is 15.2. The van der Waals surface area contributed by atoms with E-state index in [1.807, 2.05) is 41.4 Å². The van der Waals surface area contributed by atoms with E-state index in [4.69, 9.17) is 15.1 Å². The van der Waals surface area contributed by atoms with Crippen molar-refractivity contribution in [1.82, 2.24) is 39.7 Å². The average Bonchev–Trinajstić information content (AvgIpc) is 3.76. The summed E-state index contributed by atoms with van der Waals surface area (Å²) < 4.78 is 3.29. The number of carbonyl (C=O) groups is 1. The lowest BCUT2D eigenvalue weighted by Crippen LogP contribution is -2.47. The van der Waals surface area contributed by atoms with Gasteiger partial charge in [-0.25, -0.2) is 14.8 Å². The summed E-state index contributed by atoms with van der Waals surface area (Å²) >= 11 is 1.59. The minimum atomic E-state index is -1.05. The van der Waals surface area contributed by atoms with E-state index in [-0.39, 0.29) is 5.69 Å². The van der Waals surface area contributed by atoms with Crippen molar-refractivity contribution in [3.05, 3.63) is 65.1 Å². The molecule has 5 atom stereocenters. The maximum atomic E-state index is 13.0. The van der Waals surface area contributed by atoms with E-state index in [1.54, 1.807) is 11.3 Å². The van der Waals surface area contributed by atoms with Gasteiger partial charge in [-0.3, -0.25) is 4.68 Å². The maximum absolute atomic E-state index is 13.0. The molecule has 2 N–H and O–H groups in total. The SMILES string of the molecule is Cc1c(Nc2nc3ccccc3s2)nnc2c1CCCN2c1ccc(-c2cnn(CC3CC4(C)CC5(C)CC3CC(CCCN3CCN(C)CC3)(C4)C5)c2C)c(C(=O)O)n1. The van der Waals surface area contributed by atoms with Crippen molar-refractivity contribution in [1.29, 1.82) is 0 Å². The summed E-state index contributed by atoms with van der Waals surface area (Å²) in [4.78, 5) is 29.7. The van der Waals surface area contributed by atoms with Crippen LogP contribution in [-0.4, -0.2) is 97.1 Å². The summed E-state index contributed by atoms with van der Waals surface area (Å²) in [5.74, 6) is 2.16. The zero-order chi connectivity index (χ0) is 41.4. The van der Waals surface area contributed by atoms with Crippen molar-refractivity contribution >= 4 is 50.1 Å². The molecule has 11 rings (SSSR count). The molecule has 0 radical (unpaired) electrons. The molecule has 4 bridgehead atoms. The molecule has 5 fully saturated rings. The first-order valence-corrected chi connectivity index (χ1v) is 23.1. The molecule has 4 aromatic heterocycles. The highest BCUT2D eigenvalue weighted by Gasteiger charge is 2.59. The number of aromatic nitrogens is 6. The highest BCUT2D eigenvalue weighted by Crippen LogP contribution is 2.69. The molecule has 1 saturated heterocycles. The minimum Gasteiger partial charge on any atom is -0.476 e. The third kappa shape index (κ3) is 7.38. The van der Waals surface area contributed by atoms with Gasteiger partial charge in [-0.1, -0.05) is 37.3 Å². The van der Waals surface area contributed by atoms with Crippen molar-refractivity contribution < 1.29 is 9.90 Å². The number of piperazine rings is 1. The molecule has 4 aliphatic carbocycles. The third-order valence-corrected chi connectivity index (χ3v) is 16.1. The number of fused-ring (bicyclic) bond motifs is 3. The molecule has 0 amide bonds. The van der Waals surface area contributed by atoms with Gasteiger partial charge in [0.05, 0.1) is 16.4 Å². The van der Waals surface area contributed by atoms with Crippen LogP contribution in [0.15, 0.2) is 42.6 Å². The van der Waals surface area contributed by atoms with Gasteiger partial charge in [-0.15, -0.1) is 10.2 Å². The first kappa shape index (κ1) is 39.7. The Balaban J connectivity index is 0.869. The van der Waals surface area contributed by atoms with Crippen LogP contribution in [0, 0.1) is 41.9 Å². The second-order valence-electron chi connectivity index (χ2n) is 20.1. The standard InChI is InChI=1S/C47H60N10O2S/c1-30-34-10-8-17-56(42(34)53-52-41(30)51-44-49-37-11-6-7-12-38(37)60-44)39-14-13-35(40(50-39)43(58)59)36-25-48-57(31(36)2)26-33-23-46(4)27-45(3)22-32(33)24-47(28-45,29-46)15-9-16-55-20-18-54(5)19-21-55/h6-7,11-14,25,32-33H,8-10,15-24,26-29H2,1-5H3,(H,58,59)(H,49,51,52). The maximum Gasteiger partial charge on any atom is 0.355 e. The highest BCUT2D eigenvalue weighted by atomic mass is 32.1. The van der Waals surface area contributed by atoms with Crippen LogP contribution in [0.3, 0.4) is 0 Å². The molecule has 1 aromatic carbocycles. The van der Waals surface area contributed by atoms with Gasteiger partial charge in [0.25, 0.3) is 0 Å². The van der Waals surface area contributed by atoms with Crippen LogP contribution in [0.5, 0.6) is 0 Å². The molecule has 12 nitrogen and oxygen atoms in total. The Morgan fingerprint density at radius 2 is 1.73 bits per heavy atom. The van der Waals surface area contributed by atoms with Gasteiger partial charge in [0.15, 0.2) is 22.5 Å². The number of nitrogens with one attached hydrogen (secondary N) is 1. The predicted molar refractivity (Wildman–Crippen MR) is 239 cm³/mol. The summed E-state index contributed by atoms with van der Waals surface area (Å²) in [6.07, 6.45) is 14.3. The number of para-hydroxylation sites is 1. The smallest absolute Gasteiger partial charge is 0.355 e. The lowest BCUT2D eigenvalue weighted by molar-refractivity contribution is -0.0653. The van der Waals surface area contributed by atoms with Crippen LogP contribution in [0.1, 0.15) is 98.9 Å². The number of benzene rings is 1. The Labute approximate surface area is 357 Å². The van der Waals surface area contributed by atoms with Gasteiger partial charge >= 0.3 is 5.97 Å². The van der Waals surface area contributed by atoms with Crippen LogP contribution in [0.25, 0.3) is 21.3 Å². The first-order chi connectivity index (χ1) is 28.9.